The van der Waals surface area contributed by atoms with Gasteiger partial charge in [0, 0.05) is 37.0 Å². The lowest BCUT2D eigenvalue weighted by molar-refractivity contribution is 0.197. The minimum absolute atomic E-state index is 0.0805. The molecule has 1 aromatic carbocycles. The first-order valence-corrected chi connectivity index (χ1v) is 11.0. The SMILES string of the molecule is OCCc1cnn(-c2ccnc(-c3n[nH]c4ccc(C5CCN(CCF)CC5)cc34)n2)c1. The van der Waals surface area contributed by atoms with Gasteiger partial charge in [-0.2, -0.15) is 10.2 Å². The number of halogens is 1. The Kier molecular flexibility index (Phi) is 5.91. The maximum atomic E-state index is 12.6. The van der Waals surface area contributed by atoms with E-state index in [1.54, 1.807) is 23.1 Å². The number of rotatable bonds is 7. The van der Waals surface area contributed by atoms with Crippen molar-refractivity contribution >= 4 is 10.9 Å². The van der Waals surface area contributed by atoms with E-state index in [1.807, 2.05) is 6.20 Å². The number of hydrogen-bond donors (Lipinski definition) is 2. The number of nitrogens with one attached hydrogen (secondary N) is 1. The van der Waals surface area contributed by atoms with Gasteiger partial charge in [0.2, 0.25) is 0 Å². The van der Waals surface area contributed by atoms with Gasteiger partial charge < -0.3 is 10.0 Å². The molecule has 0 unspecified atom stereocenters. The summed E-state index contributed by atoms with van der Waals surface area (Å²) in [4.78, 5) is 11.3. The monoisotopic (exact) mass is 435 g/mol. The number of aromatic nitrogens is 6. The van der Waals surface area contributed by atoms with Gasteiger partial charge in [-0.05, 0) is 61.5 Å². The van der Waals surface area contributed by atoms with E-state index in [9.17, 15) is 4.39 Å². The summed E-state index contributed by atoms with van der Waals surface area (Å²) in [6.45, 7) is 2.19. The zero-order chi connectivity index (χ0) is 21.9. The number of piperidine rings is 1. The van der Waals surface area contributed by atoms with Crippen LogP contribution in [0.25, 0.3) is 28.2 Å². The zero-order valence-corrected chi connectivity index (χ0v) is 17.8. The second-order valence-electron chi connectivity index (χ2n) is 8.19. The zero-order valence-electron chi connectivity index (χ0n) is 17.8. The molecule has 0 saturated carbocycles. The highest BCUT2D eigenvalue weighted by Crippen LogP contribution is 2.32. The van der Waals surface area contributed by atoms with Crippen LogP contribution in [0.4, 0.5) is 4.39 Å². The van der Waals surface area contributed by atoms with Crippen molar-refractivity contribution in [3.63, 3.8) is 0 Å². The van der Waals surface area contributed by atoms with Crippen LogP contribution in [0.2, 0.25) is 0 Å². The molecule has 2 N–H and O–H groups in total. The lowest BCUT2D eigenvalue weighted by Crippen LogP contribution is -2.34. The highest BCUT2D eigenvalue weighted by molar-refractivity contribution is 5.91. The van der Waals surface area contributed by atoms with Crippen LogP contribution in [0, 0.1) is 0 Å². The van der Waals surface area contributed by atoms with E-state index in [1.165, 1.54) is 5.56 Å². The lowest BCUT2D eigenvalue weighted by Gasteiger charge is -2.31. The summed E-state index contributed by atoms with van der Waals surface area (Å²) in [5, 5.41) is 22.1. The summed E-state index contributed by atoms with van der Waals surface area (Å²) < 4.78 is 14.3. The van der Waals surface area contributed by atoms with Gasteiger partial charge in [0.1, 0.15) is 12.4 Å². The number of aromatic amines is 1. The summed E-state index contributed by atoms with van der Waals surface area (Å²) in [5.74, 6) is 1.63. The van der Waals surface area contributed by atoms with Crippen LogP contribution in [0.3, 0.4) is 0 Å². The quantitative estimate of drug-likeness (QED) is 0.463. The van der Waals surface area contributed by atoms with Crippen molar-refractivity contribution < 1.29 is 9.50 Å². The second kappa shape index (κ2) is 9.13. The number of hydrogen-bond acceptors (Lipinski definition) is 6. The third kappa shape index (κ3) is 4.13. The van der Waals surface area contributed by atoms with Crippen molar-refractivity contribution in [2.75, 3.05) is 32.9 Å². The van der Waals surface area contributed by atoms with Crippen LogP contribution in [0.1, 0.15) is 29.9 Å². The number of benzene rings is 1. The Morgan fingerprint density at radius 1 is 1.19 bits per heavy atom. The van der Waals surface area contributed by atoms with Gasteiger partial charge in [0.25, 0.3) is 0 Å². The topological polar surface area (TPSA) is 95.8 Å². The number of nitrogens with zero attached hydrogens (tertiary/aromatic N) is 6. The fourth-order valence-corrected chi connectivity index (χ4v) is 4.40. The fraction of sp³-hybridized carbons (Fsp3) is 0.391. The third-order valence-corrected chi connectivity index (χ3v) is 6.17. The van der Waals surface area contributed by atoms with Crippen LogP contribution in [-0.2, 0) is 6.42 Å². The molecule has 8 nitrogen and oxygen atoms in total. The summed E-state index contributed by atoms with van der Waals surface area (Å²) in [7, 11) is 0. The van der Waals surface area contributed by atoms with Gasteiger partial charge in [-0.1, -0.05) is 6.07 Å². The van der Waals surface area contributed by atoms with E-state index in [0.717, 1.165) is 42.4 Å². The van der Waals surface area contributed by atoms with E-state index < -0.39 is 0 Å². The lowest BCUT2D eigenvalue weighted by atomic mass is 9.88. The Balaban J connectivity index is 1.43. The van der Waals surface area contributed by atoms with Crippen LogP contribution in [-0.4, -0.2) is 72.9 Å². The van der Waals surface area contributed by atoms with Crippen molar-refractivity contribution in [1.29, 1.82) is 0 Å². The molecule has 166 valence electrons. The number of alkyl halides is 1. The summed E-state index contributed by atoms with van der Waals surface area (Å²) >= 11 is 0. The average molecular weight is 436 g/mol. The van der Waals surface area contributed by atoms with Crippen molar-refractivity contribution in [2.45, 2.75) is 25.2 Å². The molecule has 4 heterocycles. The first-order chi connectivity index (χ1) is 15.7. The highest BCUT2D eigenvalue weighted by atomic mass is 19.1. The first kappa shape index (κ1) is 20.7. The van der Waals surface area contributed by atoms with Gasteiger partial charge in [-0.25, -0.2) is 19.0 Å². The van der Waals surface area contributed by atoms with Gasteiger partial charge in [-0.3, -0.25) is 5.10 Å². The molecule has 1 fully saturated rings. The highest BCUT2D eigenvalue weighted by Gasteiger charge is 2.22. The number of likely N-dealkylation sites (tertiary alicyclic amines) is 1. The molecule has 9 heteroatoms. The number of fused-ring (bicyclic) bond motifs is 1. The number of aliphatic hydroxyl groups excluding tert-OH is 1. The maximum absolute atomic E-state index is 12.6. The van der Waals surface area contributed by atoms with E-state index >= 15 is 0 Å². The molecule has 1 aliphatic heterocycles. The molecule has 0 radical (unpaired) electrons. The van der Waals surface area contributed by atoms with Crippen molar-refractivity contribution in [3.8, 4) is 17.3 Å². The van der Waals surface area contributed by atoms with Crippen LogP contribution in [0.15, 0.2) is 42.9 Å². The normalized spacial score (nSPS) is 15.6. The minimum atomic E-state index is -0.282. The molecule has 1 aliphatic rings. The Morgan fingerprint density at radius 3 is 2.88 bits per heavy atom. The molecular weight excluding hydrogens is 409 g/mol. The molecule has 32 heavy (non-hydrogen) atoms. The standard InChI is InChI=1S/C23H26FN7O/c24-7-11-30-9-4-17(5-10-30)18-1-2-20-19(13-18)22(29-28-20)23-25-8-3-21(27-23)31-15-16(6-12-32)14-26-31/h1-3,8,13-15,17,32H,4-7,9-12H2,(H,28,29). The molecule has 0 bridgehead atoms. The fourth-order valence-electron chi connectivity index (χ4n) is 4.40. The summed E-state index contributed by atoms with van der Waals surface area (Å²) in [6, 6.07) is 8.20. The first-order valence-electron chi connectivity index (χ1n) is 11.0. The van der Waals surface area contributed by atoms with Crippen molar-refractivity contribution in [2.24, 2.45) is 0 Å². The molecular formula is C23H26FN7O. The van der Waals surface area contributed by atoms with Gasteiger partial charge >= 0.3 is 0 Å². The molecule has 0 spiro atoms. The van der Waals surface area contributed by atoms with Gasteiger partial charge in [0.15, 0.2) is 11.6 Å². The number of aliphatic hydroxyl groups is 1. The molecule has 0 amide bonds. The van der Waals surface area contributed by atoms with E-state index in [2.05, 4.69) is 48.4 Å². The van der Waals surface area contributed by atoms with Crippen LogP contribution >= 0.6 is 0 Å². The Morgan fingerprint density at radius 2 is 2.06 bits per heavy atom. The van der Waals surface area contributed by atoms with E-state index in [-0.39, 0.29) is 13.3 Å². The van der Waals surface area contributed by atoms with Crippen LogP contribution < -0.4 is 0 Å². The second-order valence-corrected chi connectivity index (χ2v) is 8.19. The maximum Gasteiger partial charge on any atom is 0.182 e. The number of H-pyrrole nitrogens is 1. The Labute approximate surface area is 185 Å². The average Bonchev–Trinajstić information content (AvgIpc) is 3.47. The molecule has 3 aromatic heterocycles. The van der Waals surface area contributed by atoms with Crippen molar-refractivity contribution in [3.05, 3.63) is 54.0 Å². The largest absolute Gasteiger partial charge is 0.396 e. The predicted molar refractivity (Wildman–Crippen MR) is 119 cm³/mol. The Hall–Kier alpha value is -3.17. The molecule has 0 atom stereocenters. The van der Waals surface area contributed by atoms with E-state index in [4.69, 9.17) is 5.11 Å². The van der Waals surface area contributed by atoms with Crippen molar-refractivity contribution in [1.82, 2.24) is 34.8 Å². The minimum Gasteiger partial charge on any atom is -0.396 e. The molecule has 4 aromatic rings. The third-order valence-electron chi connectivity index (χ3n) is 6.17. The predicted octanol–water partition coefficient (Wildman–Crippen LogP) is 2.89. The summed E-state index contributed by atoms with van der Waals surface area (Å²) in [5.41, 5.74) is 3.87. The smallest absolute Gasteiger partial charge is 0.182 e. The van der Waals surface area contributed by atoms with Crippen LogP contribution in [0.5, 0.6) is 0 Å². The molecule has 1 saturated heterocycles. The molecule has 0 aliphatic carbocycles. The Bertz CT molecular complexity index is 1200. The van der Waals surface area contributed by atoms with E-state index in [0.29, 0.717) is 36.2 Å². The van der Waals surface area contributed by atoms with Gasteiger partial charge in [0.05, 0.1) is 11.7 Å². The van der Waals surface area contributed by atoms with Gasteiger partial charge in [-0.15, -0.1) is 0 Å². The molecule has 5 rings (SSSR count). The summed E-state index contributed by atoms with van der Waals surface area (Å²) in [6.07, 6.45) is 7.90.